The molecule has 0 bridgehead atoms. The number of imidazole rings is 1. The average Bonchev–Trinajstić information content (AvgIpc) is 3.32. The number of nitrogens with zero attached hydrogens (tertiary/aromatic N) is 4. The summed E-state index contributed by atoms with van der Waals surface area (Å²) in [6.45, 7) is 4.13. The third kappa shape index (κ3) is 3.26. The van der Waals surface area contributed by atoms with Crippen molar-refractivity contribution in [1.29, 1.82) is 0 Å². The Balaban J connectivity index is 1.61. The highest BCUT2D eigenvalue weighted by molar-refractivity contribution is 5.93. The average molecular weight is 374 g/mol. The summed E-state index contributed by atoms with van der Waals surface area (Å²) in [6, 6.07) is 15.0. The number of hydrogen-bond acceptors (Lipinski definition) is 4. The molecule has 7 heteroatoms. The highest BCUT2D eigenvalue weighted by atomic mass is 16.2. The minimum Gasteiger partial charge on any atom is -0.341 e. The van der Waals surface area contributed by atoms with Crippen molar-refractivity contribution in [3.05, 3.63) is 66.2 Å². The van der Waals surface area contributed by atoms with E-state index in [1.54, 1.807) is 12.3 Å². The number of benzene rings is 1. The van der Waals surface area contributed by atoms with Gasteiger partial charge < -0.3 is 9.88 Å². The fourth-order valence-electron chi connectivity index (χ4n) is 3.27. The Kier molecular flexibility index (Phi) is 4.65. The fraction of sp³-hybridized carbons (Fsp3) is 0.238. The van der Waals surface area contributed by atoms with Gasteiger partial charge in [0.05, 0.1) is 22.8 Å². The van der Waals surface area contributed by atoms with Gasteiger partial charge in [-0.15, -0.1) is 0 Å². The Hall–Kier alpha value is -3.48. The van der Waals surface area contributed by atoms with Gasteiger partial charge in [-0.25, -0.2) is 4.98 Å². The fourth-order valence-corrected chi connectivity index (χ4v) is 3.27. The van der Waals surface area contributed by atoms with Crippen LogP contribution in [0.4, 0.5) is 0 Å². The second kappa shape index (κ2) is 7.26. The molecule has 0 aliphatic rings. The number of aromatic nitrogens is 5. The summed E-state index contributed by atoms with van der Waals surface area (Å²) in [5.74, 6) is 0.770. The van der Waals surface area contributed by atoms with Crippen LogP contribution in [0.15, 0.2) is 54.7 Å². The first kappa shape index (κ1) is 17.9. The van der Waals surface area contributed by atoms with Crippen LogP contribution in [0.1, 0.15) is 36.2 Å². The van der Waals surface area contributed by atoms with Crippen LogP contribution in [0, 0.1) is 5.92 Å². The Labute approximate surface area is 162 Å². The molecular weight excluding hydrogens is 352 g/mol. The number of nitrogens with one attached hydrogen (secondary N) is 2. The molecule has 1 aromatic carbocycles. The van der Waals surface area contributed by atoms with Crippen molar-refractivity contribution in [3.8, 4) is 11.4 Å². The maximum absolute atomic E-state index is 12.9. The molecule has 0 radical (unpaired) electrons. The van der Waals surface area contributed by atoms with Gasteiger partial charge in [-0.3, -0.25) is 14.9 Å². The summed E-state index contributed by atoms with van der Waals surface area (Å²) in [6.07, 6.45) is 1.70. The highest BCUT2D eigenvalue weighted by Crippen LogP contribution is 2.25. The first-order valence-corrected chi connectivity index (χ1v) is 9.23. The van der Waals surface area contributed by atoms with Crippen molar-refractivity contribution in [2.45, 2.75) is 19.9 Å². The molecule has 0 spiro atoms. The predicted octanol–water partition coefficient (Wildman–Crippen LogP) is 3.49. The molecule has 0 fully saturated rings. The number of carbonyl (C=O) groups is 1. The molecule has 3 aromatic heterocycles. The van der Waals surface area contributed by atoms with Crippen molar-refractivity contribution in [2.24, 2.45) is 13.0 Å². The van der Waals surface area contributed by atoms with Gasteiger partial charge in [-0.2, -0.15) is 5.10 Å². The highest BCUT2D eigenvalue weighted by Gasteiger charge is 2.25. The normalized spacial score (nSPS) is 12.4. The molecule has 142 valence electrons. The van der Waals surface area contributed by atoms with E-state index in [0.717, 1.165) is 16.9 Å². The summed E-state index contributed by atoms with van der Waals surface area (Å²) in [7, 11) is 1.97. The summed E-state index contributed by atoms with van der Waals surface area (Å²) in [5.41, 5.74) is 3.70. The van der Waals surface area contributed by atoms with Crippen molar-refractivity contribution in [3.63, 3.8) is 0 Å². The molecule has 1 atom stereocenters. The minimum atomic E-state index is -0.230. The Morgan fingerprint density at radius 3 is 2.61 bits per heavy atom. The van der Waals surface area contributed by atoms with E-state index in [0.29, 0.717) is 17.1 Å². The third-order valence-corrected chi connectivity index (χ3v) is 4.80. The van der Waals surface area contributed by atoms with Crippen LogP contribution < -0.4 is 5.32 Å². The maximum Gasteiger partial charge on any atom is 0.269 e. The van der Waals surface area contributed by atoms with E-state index in [9.17, 15) is 4.79 Å². The molecule has 4 rings (SSSR count). The van der Waals surface area contributed by atoms with Crippen LogP contribution in [0.25, 0.3) is 22.4 Å². The van der Waals surface area contributed by atoms with Gasteiger partial charge in [-0.05, 0) is 36.2 Å². The lowest BCUT2D eigenvalue weighted by molar-refractivity contribution is 0.0917. The van der Waals surface area contributed by atoms with Gasteiger partial charge in [0.1, 0.15) is 17.2 Å². The second-order valence-electron chi connectivity index (χ2n) is 7.09. The number of amides is 1. The van der Waals surface area contributed by atoms with Crippen LogP contribution in [0.5, 0.6) is 0 Å². The number of pyridine rings is 1. The Morgan fingerprint density at radius 2 is 1.89 bits per heavy atom. The zero-order valence-electron chi connectivity index (χ0n) is 16.0. The Morgan fingerprint density at radius 1 is 1.11 bits per heavy atom. The zero-order valence-corrected chi connectivity index (χ0v) is 16.0. The van der Waals surface area contributed by atoms with Crippen LogP contribution >= 0.6 is 0 Å². The molecular formula is C21H22N6O. The van der Waals surface area contributed by atoms with Crippen LogP contribution in [0.3, 0.4) is 0 Å². The lowest BCUT2D eigenvalue weighted by Crippen LogP contribution is -2.33. The largest absolute Gasteiger partial charge is 0.341 e. The molecule has 0 unspecified atom stereocenters. The summed E-state index contributed by atoms with van der Waals surface area (Å²) >= 11 is 0. The van der Waals surface area contributed by atoms with Gasteiger partial charge >= 0.3 is 0 Å². The number of rotatable bonds is 5. The van der Waals surface area contributed by atoms with Gasteiger partial charge in [0, 0.05) is 13.2 Å². The van der Waals surface area contributed by atoms with Crippen LogP contribution in [0.2, 0.25) is 0 Å². The first-order valence-electron chi connectivity index (χ1n) is 9.23. The van der Waals surface area contributed by atoms with Crippen molar-refractivity contribution >= 4 is 16.9 Å². The maximum atomic E-state index is 12.9. The van der Waals surface area contributed by atoms with Crippen LogP contribution in [-0.2, 0) is 7.05 Å². The van der Waals surface area contributed by atoms with Crippen molar-refractivity contribution < 1.29 is 4.79 Å². The predicted molar refractivity (Wildman–Crippen MR) is 108 cm³/mol. The van der Waals surface area contributed by atoms with E-state index in [1.807, 2.05) is 54.1 Å². The molecule has 0 saturated carbocycles. The lowest BCUT2D eigenvalue weighted by Gasteiger charge is -2.21. The van der Waals surface area contributed by atoms with Gasteiger partial charge in [0.2, 0.25) is 0 Å². The molecule has 28 heavy (non-hydrogen) atoms. The number of aryl methyl sites for hydroxylation is 1. The molecule has 7 nitrogen and oxygen atoms in total. The van der Waals surface area contributed by atoms with Crippen molar-refractivity contribution in [1.82, 2.24) is 30.0 Å². The van der Waals surface area contributed by atoms with E-state index in [1.165, 1.54) is 0 Å². The molecule has 0 saturated heterocycles. The Bertz CT molecular complexity index is 1110. The zero-order chi connectivity index (χ0) is 19.7. The topological polar surface area (TPSA) is 88.5 Å². The molecule has 0 aliphatic heterocycles. The molecule has 1 amide bonds. The van der Waals surface area contributed by atoms with E-state index < -0.39 is 0 Å². The van der Waals surface area contributed by atoms with E-state index in [2.05, 4.69) is 34.3 Å². The number of hydrogen-bond donors (Lipinski definition) is 2. The number of aromatic amines is 1. The number of para-hydroxylation sites is 2. The third-order valence-electron chi connectivity index (χ3n) is 4.80. The smallest absolute Gasteiger partial charge is 0.269 e. The monoisotopic (exact) mass is 374 g/mol. The SMILES string of the molecule is CC(C)[C@@H](NC(=O)c1cc(-c2ccccn2)n[nH]1)c1nc2ccccc2n1C. The number of fused-ring (bicyclic) bond motifs is 1. The van der Waals surface area contributed by atoms with Crippen molar-refractivity contribution in [2.75, 3.05) is 0 Å². The van der Waals surface area contributed by atoms with Gasteiger partial charge in [0.15, 0.2) is 0 Å². The van der Waals surface area contributed by atoms with Gasteiger partial charge in [0.25, 0.3) is 5.91 Å². The standard InChI is InChI=1S/C21H22N6O/c1-13(2)19(20-23-15-9-4-5-10-18(15)27(20)3)24-21(28)17-12-16(25-26-17)14-8-6-7-11-22-14/h4-13,19H,1-3H3,(H,24,28)(H,25,26)/t19-/m1/s1. The summed E-state index contributed by atoms with van der Waals surface area (Å²) < 4.78 is 2.03. The second-order valence-corrected chi connectivity index (χ2v) is 7.09. The minimum absolute atomic E-state index is 0.164. The van der Waals surface area contributed by atoms with E-state index >= 15 is 0 Å². The molecule has 0 aliphatic carbocycles. The molecule has 2 N–H and O–H groups in total. The number of carbonyl (C=O) groups excluding carboxylic acids is 1. The quantitative estimate of drug-likeness (QED) is 0.560. The summed E-state index contributed by atoms with van der Waals surface area (Å²) in [4.78, 5) is 21.9. The van der Waals surface area contributed by atoms with Crippen LogP contribution in [-0.4, -0.2) is 30.6 Å². The van der Waals surface area contributed by atoms with Gasteiger partial charge in [-0.1, -0.05) is 32.0 Å². The van der Waals surface area contributed by atoms with E-state index in [4.69, 9.17) is 4.98 Å². The van der Waals surface area contributed by atoms with E-state index in [-0.39, 0.29) is 17.9 Å². The molecule has 3 heterocycles. The lowest BCUT2D eigenvalue weighted by atomic mass is 10.0. The number of H-pyrrole nitrogens is 1. The summed E-state index contributed by atoms with van der Waals surface area (Å²) in [5, 5.41) is 10.1. The molecule has 4 aromatic rings. The first-order chi connectivity index (χ1) is 13.5.